The molecule has 110 valence electrons. The van der Waals surface area contributed by atoms with Crippen molar-refractivity contribution in [2.75, 3.05) is 0 Å². The van der Waals surface area contributed by atoms with E-state index in [0.717, 1.165) is 26.7 Å². The van der Waals surface area contributed by atoms with E-state index >= 15 is 0 Å². The number of hydrogen-bond acceptors (Lipinski definition) is 1. The van der Waals surface area contributed by atoms with Crippen molar-refractivity contribution in [1.29, 1.82) is 0 Å². The number of carbonyl (C=O) groups is 1. The van der Waals surface area contributed by atoms with Crippen LogP contribution in [0.5, 0.6) is 0 Å². The van der Waals surface area contributed by atoms with Crippen LogP contribution in [0.4, 0.5) is 0 Å². The topological polar surface area (TPSA) is 17.1 Å². The molecule has 10 rings (SSSR count). The molecule has 9 unspecified atom stereocenters. The minimum atomic E-state index is -3.55. The number of fused-ring (bicyclic) bond motifs is 10. The summed E-state index contributed by atoms with van der Waals surface area (Å²) in [5.74, 6) is 2.49. The van der Waals surface area contributed by atoms with E-state index < -0.39 is 6.51 Å². The summed E-state index contributed by atoms with van der Waals surface area (Å²) in [6, 6.07) is 0. The molecule has 0 aromatic carbocycles. The fourth-order valence-electron chi connectivity index (χ4n) is 21.6. The van der Waals surface area contributed by atoms with Crippen molar-refractivity contribution in [2.24, 2.45) is 11.8 Å². The maximum atomic E-state index is 13.1. The molecule has 0 aromatic heterocycles. The summed E-state index contributed by atoms with van der Waals surface area (Å²) >= 11 is 0. The Morgan fingerprint density at radius 2 is 1.50 bits per heavy atom. The van der Waals surface area contributed by atoms with E-state index in [9.17, 15) is 4.79 Å². The van der Waals surface area contributed by atoms with Crippen LogP contribution in [0.2, 0.25) is 46.7 Å². The van der Waals surface area contributed by atoms with E-state index in [1.165, 1.54) is 28.9 Å². The molecular formula is C18H24FeO. The molecule has 10 aliphatic rings. The zero-order valence-electron chi connectivity index (χ0n) is 13.0. The molecule has 10 saturated heterocycles. The summed E-state index contributed by atoms with van der Waals surface area (Å²) in [4.78, 5) is 21.6. The quantitative estimate of drug-likeness (QED) is 0.639. The molecule has 0 N–H and O–H groups in total. The Morgan fingerprint density at radius 1 is 0.900 bits per heavy atom. The molecule has 0 radical (unpaired) electrons. The Balaban J connectivity index is 1.67. The third kappa shape index (κ3) is 0.0806. The van der Waals surface area contributed by atoms with Crippen molar-refractivity contribution in [1.82, 2.24) is 0 Å². The van der Waals surface area contributed by atoms with Gasteiger partial charge >= 0.3 is 110 Å². The number of rotatable bonds is 3. The van der Waals surface area contributed by atoms with E-state index in [1.54, 1.807) is 0 Å². The van der Waals surface area contributed by atoms with Gasteiger partial charge in [-0.2, -0.15) is 0 Å². The van der Waals surface area contributed by atoms with Gasteiger partial charge in [-0.15, -0.1) is 0 Å². The molecule has 10 fully saturated rings. The molecule has 0 bridgehead atoms. The van der Waals surface area contributed by atoms with Crippen LogP contribution < -0.4 is 0 Å². The Labute approximate surface area is 110 Å². The zero-order valence-corrected chi connectivity index (χ0v) is 14.1. The van der Waals surface area contributed by atoms with Crippen LogP contribution in [0, 0.1) is 11.8 Å². The van der Waals surface area contributed by atoms with Crippen LogP contribution >= 0.6 is 0 Å². The summed E-state index contributed by atoms with van der Waals surface area (Å²) in [6.07, 6.45) is 0. The van der Waals surface area contributed by atoms with Crippen molar-refractivity contribution in [3.63, 3.8) is 0 Å². The molecular weight excluding hydrogens is 288 g/mol. The summed E-state index contributed by atoms with van der Waals surface area (Å²) in [5.41, 5.74) is 0. The van der Waals surface area contributed by atoms with Crippen LogP contribution in [-0.4, -0.2) is 5.78 Å². The molecule has 0 aliphatic carbocycles. The molecule has 20 heavy (non-hydrogen) atoms. The van der Waals surface area contributed by atoms with E-state index in [0.29, 0.717) is 8.63 Å². The number of hydrogen-bond donors (Lipinski definition) is 0. The first-order chi connectivity index (χ1) is 9.15. The Kier molecular flexibility index (Phi) is 0.319. The SMILES string of the molecule is CC(=O)[C]12[CH]3[CH]4[CH]5[C]1(C(C)C)[Fe]43521678[CH]2[CH]1[CH]6[C]7(C(C)C)[CH]28. The van der Waals surface area contributed by atoms with E-state index in [-0.39, 0.29) is 0 Å². The first-order valence-corrected chi connectivity index (χ1v) is 15.0. The molecule has 0 amide bonds. The van der Waals surface area contributed by atoms with Crippen LogP contribution in [0.25, 0.3) is 0 Å². The Morgan fingerprint density at radius 3 is 1.75 bits per heavy atom. The molecule has 9 atom stereocenters. The molecule has 0 saturated carbocycles. The first kappa shape index (κ1) is 8.73. The predicted octanol–water partition coefficient (Wildman–Crippen LogP) is 5.39. The van der Waals surface area contributed by atoms with Gasteiger partial charge < -0.3 is 0 Å². The van der Waals surface area contributed by atoms with Gasteiger partial charge in [0.05, 0.1) is 0 Å². The van der Waals surface area contributed by atoms with Gasteiger partial charge in [0.25, 0.3) is 0 Å². The van der Waals surface area contributed by atoms with Crippen LogP contribution in [0.3, 0.4) is 0 Å². The van der Waals surface area contributed by atoms with Crippen molar-refractivity contribution >= 4 is 5.78 Å². The second kappa shape index (κ2) is 0.731. The van der Waals surface area contributed by atoms with Crippen LogP contribution in [0.15, 0.2) is 0 Å². The molecule has 1 spiro atoms. The molecule has 10 heterocycles. The monoisotopic (exact) mass is 312 g/mol. The van der Waals surface area contributed by atoms with Gasteiger partial charge in [-0.1, -0.05) is 0 Å². The molecule has 1 nitrogen and oxygen atoms in total. The number of Topliss-reactive ketones (excluding diaryl/α,β-unsaturated/α-hetero) is 1. The van der Waals surface area contributed by atoms with E-state index in [2.05, 4.69) is 27.7 Å². The second-order valence-electron chi connectivity index (χ2n) is 12.8. The van der Waals surface area contributed by atoms with Crippen molar-refractivity contribution < 1.29 is 11.3 Å². The van der Waals surface area contributed by atoms with Gasteiger partial charge in [0.1, 0.15) is 0 Å². The van der Waals surface area contributed by atoms with Gasteiger partial charge in [0.15, 0.2) is 0 Å². The zero-order chi connectivity index (χ0) is 13.6. The normalized spacial score (nSPS) is 111. The van der Waals surface area contributed by atoms with E-state index in [4.69, 9.17) is 0 Å². The van der Waals surface area contributed by atoms with Crippen LogP contribution in [0.1, 0.15) is 34.6 Å². The fourth-order valence-corrected chi connectivity index (χ4v) is 105. The average molecular weight is 312 g/mol. The molecule has 2 heteroatoms. The second-order valence-corrected chi connectivity index (χ2v) is 35.8. The number of carbonyl (C=O) groups excluding carboxylic acids is 1. The summed E-state index contributed by atoms with van der Waals surface area (Å²) in [5, 5.41) is 0. The first-order valence-electron chi connectivity index (χ1n) is 8.87. The van der Waals surface area contributed by atoms with Crippen molar-refractivity contribution in [3.05, 3.63) is 0 Å². The van der Waals surface area contributed by atoms with Gasteiger partial charge in [0, 0.05) is 0 Å². The molecule has 10 aliphatic heterocycles. The molecule has 0 aromatic rings. The van der Waals surface area contributed by atoms with Crippen molar-refractivity contribution in [2.45, 2.75) is 81.3 Å². The Bertz CT molecular complexity index is 1170. The van der Waals surface area contributed by atoms with E-state index in [1.807, 2.05) is 6.92 Å². The maximum absolute atomic E-state index is 13.1. The minimum absolute atomic E-state index is 0.417. The van der Waals surface area contributed by atoms with Gasteiger partial charge in [-0.3, -0.25) is 0 Å². The summed E-state index contributed by atoms with van der Waals surface area (Å²) < 4.78 is 1.98. The summed E-state index contributed by atoms with van der Waals surface area (Å²) in [6.45, 7) is 8.66. The van der Waals surface area contributed by atoms with Gasteiger partial charge in [0.2, 0.25) is 0 Å². The van der Waals surface area contributed by atoms with Crippen LogP contribution in [-0.2, 0) is 11.3 Å². The van der Waals surface area contributed by atoms with Gasteiger partial charge in [-0.05, 0) is 0 Å². The third-order valence-corrected chi connectivity index (χ3v) is 61.9. The Hall–Kier alpha value is 0.189. The summed E-state index contributed by atoms with van der Waals surface area (Å²) in [7, 11) is 0. The fraction of sp³-hybridized carbons (Fsp3) is 0.944. The third-order valence-electron chi connectivity index (χ3n) is 17.4. The number of ketones is 1. The van der Waals surface area contributed by atoms with Crippen molar-refractivity contribution in [3.8, 4) is 0 Å². The van der Waals surface area contributed by atoms with Gasteiger partial charge in [-0.25, -0.2) is 0 Å². The standard InChI is InChI=1S/C10H13O.C8H11.Fe/c1-7(2)9-5-4-6-10(9)8(3)11;1-7(2)8-5-3-4-6-8;/h4-7H,1-3H3;3-7H,1-2H3;. The predicted molar refractivity (Wildman–Crippen MR) is 74.7 cm³/mol. The average Bonchev–Trinajstić information content (AvgIpc) is 3.31.